The zero-order valence-corrected chi connectivity index (χ0v) is 21.0. The van der Waals surface area contributed by atoms with Crippen LogP contribution in [0.15, 0.2) is 54.7 Å². The van der Waals surface area contributed by atoms with Crippen LogP contribution in [0.3, 0.4) is 0 Å². The minimum atomic E-state index is -0.372. The van der Waals surface area contributed by atoms with Gasteiger partial charge in [0.2, 0.25) is 0 Å². The molecule has 4 rings (SSSR count). The number of hydrogen-bond donors (Lipinski definition) is 1. The van der Waals surface area contributed by atoms with Crippen LogP contribution in [0, 0.1) is 13.8 Å². The van der Waals surface area contributed by atoms with Crippen LogP contribution in [0.1, 0.15) is 51.5 Å². The molecule has 182 valence electrons. The maximum absolute atomic E-state index is 11.9. The normalized spacial score (nSPS) is 17.3. The number of rotatable bonds is 7. The summed E-state index contributed by atoms with van der Waals surface area (Å²) in [6.07, 6.45) is 1.98. The van der Waals surface area contributed by atoms with Crippen LogP contribution in [0.4, 0.5) is 0 Å². The summed E-state index contributed by atoms with van der Waals surface area (Å²) in [5.74, 6) is -0.660. The first kappa shape index (κ1) is 24.4. The van der Waals surface area contributed by atoms with E-state index in [1.165, 1.54) is 14.2 Å². The molecule has 0 spiro atoms. The van der Waals surface area contributed by atoms with Crippen LogP contribution in [0.2, 0.25) is 0 Å². The van der Waals surface area contributed by atoms with E-state index in [2.05, 4.69) is 27.9 Å². The van der Waals surface area contributed by atoms with Gasteiger partial charge in [0.15, 0.2) is 5.11 Å². The fourth-order valence-corrected chi connectivity index (χ4v) is 4.98. The van der Waals surface area contributed by atoms with E-state index >= 15 is 0 Å². The average molecular weight is 493 g/mol. The van der Waals surface area contributed by atoms with Gasteiger partial charge in [-0.1, -0.05) is 6.07 Å². The Labute approximate surface area is 209 Å². The van der Waals surface area contributed by atoms with Crippen molar-refractivity contribution in [3.63, 3.8) is 0 Å². The predicted octanol–water partition coefficient (Wildman–Crippen LogP) is 3.81. The molecule has 2 aromatic heterocycles. The first-order valence-electron chi connectivity index (χ1n) is 11.3. The molecule has 0 amide bonds. The molecule has 2 atom stereocenters. The van der Waals surface area contributed by atoms with E-state index in [0.29, 0.717) is 17.2 Å². The Hall–Kier alpha value is -3.72. The minimum Gasteiger partial charge on any atom is -0.469 e. The molecule has 1 fully saturated rings. The molecule has 0 unspecified atom stereocenters. The van der Waals surface area contributed by atoms with Crippen LogP contribution in [0.5, 0.6) is 0 Å². The number of aryl methyl sites for hydroxylation is 1. The second kappa shape index (κ2) is 10.3. The third kappa shape index (κ3) is 4.77. The lowest BCUT2D eigenvalue weighted by Crippen LogP contribution is -2.32. The summed E-state index contributed by atoms with van der Waals surface area (Å²) < 4.78 is 11.8. The Balaban J connectivity index is 1.76. The summed E-state index contributed by atoms with van der Waals surface area (Å²) in [5.41, 5.74) is 5.44. The molecule has 35 heavy (non-hydrogen) atoms. The number of ether oxygens (including phenoxy) is 2. The highest BCUT2D eigenvalue weighted by molar-refractivity contribution is 7.80. The molecule has 0 radical (unpaired) electrons. The molecule has 0 saturated carbocycles. The molecule has 1 aromatic carbocycles. The number of pyridine rings is 1. The van der Waals surface area contributed by atoms with Gasteiger partial charge in [0.05, 0.1) is 44.0 Å². The van der Waals surface area contributed by atoms with Crippen LogP contribution >= 0.6 is 12.2 Å². The number of carbonyl (C=O) groups excluding carboxylic acids is 2. The molecule has 1 aliphatic rings. The fraction of sp³-hybridized carbons (Fsp3) is 0.308. The number of methoxy groups -OCH3 is 2. The Kier molecular flexibility index (Phi) is 7.16. The summed E-state index contributed by atoms with van der Waals surface area (Å²) in [5, 5.41) is 3.99. The number of esters is 2. The van der Waals surface area contributed by atoms with E-state index in [9.17, 15) is 9.59 Å². The largest absolute Gasteiger partial charge is 0.469 e. The molecule has 1 N–H and O–H groups in total. The molecular weight excluding hydrogens is 464 g/mol. The zero-order chi connectivity index (χ0) is 25.1. The lowest BCUT2D eigenvalue weighted by molar-refractivity contribution is -0.140. The smallest absolute Gasteiger partial charge is 0.337 e. The number of carbonyl (C=O) groups is 2. The maximum atomic E-state index is 11.9. The average Bonchev–Trinajstić information content (AvgIpc) is 3.36. The fourth-order valence-electron chi connectivity index (χ4n) is 4.65. The molecule has 3 aromatic rings. The van der Waals surface area contributed by atoms with Gasteiger partial charge in [0, 0.05) is 29.8 Å². The van der Waals surface area contributed by atoms with Crippen molar-refractivity contribution >= 4 is 29.3 Å². The number of thiocarbonyl (C=S) groups is 1. The van der Waals surface area contributed by atoms with Crippen molar-refractivity contribution in [1.82, 2.24) is 19.8 Å². The number of nitrogens with zero attached hydrogens (tertiary/aromatic N) is 3. The standard InChI is InChI=1S/C26H28N4O4S/c1-16-15-20(17(2)30(16)19-10-8-18(9-11-19)25(32)34-4)24-23(21-7-5-6-13-27-21)28-26(35)29(24)14-12-22(31)33-3/h5-11,13,15,23-24H,12,14H2,1-4H3,(H,28,35)/t23-,24-/m1/s1. The van der Waals surface area contributed by atoms with Crippen LogP contribution in [-0.4, -0.2) is 52.3 Å². The first-order valence-corrected chi connectivity index (χ1v) is 11.7. The van der Waals surface area contributed by atoms with E-state index in [1.807, 2.05) is 42.2 Å². The number of aromatic nitrogens is 2. The molecule has 0 aliphatic carbocycles. The van der Waals surface area contributed by atoms with Crippen molar-refractivity contribution in [3.05, 3.63) is 82.9 Å². The van der Waals surface area contributed by atoms with Crippen LogP contribution in [0.25, 0.3) is 5.69 Å². The van der Waals surface area contributed by atoms with E-state index in [-0.39, 0.29) is 30.4 Å². The molecule has 0 bridgehead atoms. The Bertz CT molecular complexity index is 1240. The van der Waals surface area contributed by atoms with Crippen molar-refractivity contribution in [1.29, 1.82) is 0 Å². The van der Waals surface area contributed by atoms with E-state index < -0.39 is 0 Å². The number of benzene rings is 1. The van der Waals surface area contributed by atoms with Crippen LogP contribution in [-0.2, 0) is 14.3 Å². The third-order valence-electron chi connectivity index (χ3n) is 6.32. The van der Waals surface area contributed by atoms with Gasteiger partial charge in [0.25, 0.3) is 0 Å². The van der Waals surface area contributed by atoms with Gasteiger partial charge in [-0.05, 0) is 74.1 Å². The van der Waals surface area contributed by atoms with Crippen LogP contribution < -0.4 is 5.32 Å². The molecule has 1 aliphatic heterocycles. The Morgan fingerprint density at radius 1 is 1.09 bits per heavy atom. The number of nitrogens with one attached hydrogen (secondary N) is 1. The Morgan fingerprint density at radius 2 is 1.83 bits per heavy atom. The monoisotopic (exact) mass is 492 g/mol. The summed E-state index contributed by atoms with van der Waals surface area (Å²) in [7, 11) is 2.75. The molecule has 1 saturated heterocycles. The van der Waals surface area contributed by atoms with Gasteiger partial charge in [-0.2, -0.15) is 0 Å². The third-order valence-corrected chi connectivity index (χ3v) is 6.67. The van der Waals surface area contributed by atoms with Gasteiger partial charge in [0.1, 0.15) is 0 Å². The molecule has 9 heteroatoms. The van der Waals surface area contributed by atoms with Crippen molar-refractivity contribution in [3.8, 4) is 5.69 Å². The quantitative estimate of drug-likeness (QED) is 0.394. The summed E-state index contributed by atoms with van der Waals surface area (Å²) in [4.78, 5) is 30.4. The Morgan fingerprint density at radius 3 is 2.46 bits per heavy atom. The summed E-state index contributed by atoms with van der Waals surface area (Å²) in [6.45, 7) is 4.52. The van der Waals surface area contributed by atoms with Crippen molar-refractivity contribution < 1.29 is 19.1 Å². The van der Waals surface area contributed by atoms with E-state index in [0.717, 1.165) is 28.3 Å². The topological polar surface area (TPSA) is 85.7 Å². The van der Waals surface area contributed by atoms with Gasteiger partial charge in [-0.15, -0.1) is 0 Å². The van der Waals surface area contributed by atoms with Crippen molar-refractivity contribution in [2.75, 3.05) is 20.8 Å². The van der Waals surface area contributed by atoms with Gasteiger partial charge in [-0.25, -0.2) is 4.79 Å². The van der Waals surface area contributed by atoms with Gasteiger partial charge < -0.3 is 24.3 Å². The molecule has 3 heterocycles. The first-order chi connectivity index (χ1) is 16.8. The summed E-state index contributed by atoms with van der Waals surface area (Å²) >= 11 is 5.69. The lowest BCUT2D eigenvalue weighted by atomic mass is 9.96. The second-order valence-electron chi connectivity index (χ2n) is 8.35. The number of hydrogen-bond acceptors (Lipinski definition) is 6. The zero-order valence-electron chi connectivity index (χ0n) is 20.1. The van der Waals surface area contributed by atoms with Crippen molar-refractivity contribution in [2.45, 2.75) is 32.4 Å². The van der Waals surface area contributed by atoms with E-state index in [1.54, 1.807) is 18.3 Å². The summed E-state index contributed by atoms with van der Waals surface area (Å²) in [6, 6.07) is 14.9. The second-order valence-corrected chi connectivity index (χ2v) is 8.73. The molecular formula is C26H28N4O4S. The van der Waals surface area contributed by atoms with Gasteiger partial charge in [-0.3, -0.25) is 9.78 Å². The van der Waals surface area contributed by atoms with Crippen molar-refractivity contribution in [2.24, 2.45) is 0 Å². The lowest BCUT2D eigenvalue weighted by Gasteiger charge is -2.28. The van der Waals surface area contributed by atoms with E-state index in [4.69, 9.17) is 21.7 Å². The predicted molar refractivity (Wildman–Crippen MR) is 135 cm³/mol. The SMILES string of the molecule is COC(=O)CCN1C(=S)N[C@H](c2ccccn2)[C@H]1c1cc(C)n(-c2ccc(C(=O)OC)cc2)c1C. The highest BCUT2D eigenvalue weighted by Gasteiger charge is 2.41. The minimum absolute atomic E-state index is 0.170. The highest BCUT2D eigenvalue weighted by atomic mass is 32.1. The molecule has 8 nitrogen and oxygen atoms in total. The maximum Gasteiger partial charge on any atom is 0.337 e. The van der Waals surface area contributed by atoms with Gasteiger partial charge >= 0.3 is 11.9 Å². The highest BCUT2D eigenvalue weighted by Crippen LogP contribution is 2.41.